The summed E-state index contributed by atoms with van der Waals surface area (Å²) >= 11 is 2.44. The van der Waals surface area contributed by atoms with Crippen molar-refractivity contribution in [3.8, 4) is 11.3 Å². The summed E-state index contributed by atoms with van der Waals surface area (Å²) in [7, 11) is 0. The maximum absolute atomic E-state index is 13.3. The van der Waals surface area contributed by atoms with Crippen LogP contribution in [0.4, 0.5) is 13.2 Å². The van der Waals surface area contributed by atoms with E-state index in [0.29, 0.717) is 45.9 Å². The molecule has 4 aromatic rings. The number of aliphatic hydroxyl groups excluding tert-OH is 1. The van der Waals surface area contributed by atoms with E-state index in [9.17, 15) is 28.2 Å². The van der Waals surface area contributed by atoms with Crippen molar-refractivity contribution >= 4 is 32.8 Å². The molecule has 2 radical (unpaired) electrons. The molecule has 2 aromatic carbocycles. The third-order valence-electron chi connectivity index (χ3n) is 8.49. The van der Waals surface area contributed by atoms with Gasteiger partial charge in [-0.2, -0.15) is 13.2 Å². The maximum atomic E-state index is 13.3. The van der Waals surface area contributed by atoms with Crippen LogP contribution in [0.15, 0.2) is 54.9 Å². The van der Waals surface area contributed by atoms with Crippen LogP contribution in [0.3, 0.4) is 0 Å². The number of hydrogen-bond donors (Lipinski definition) is 2. The number of rotatable bonds is 5. The Morgan fingerprint density at radius 2 is 1.83 bits per heavy atom. The summed E-state index contributed by atoms with van der Waals surface area (Å²) in [5, 5.41) is 21.8. The fourth-order valence-corrected chi connectivity index (χ4v) is 6.81. The predicted octanol–water partition coefficient (Wildman–Crippen LogP) is 3.83. The first-order chi connectivity index (χ1) is 19.5. The van der Waals surface area contributed by atoms with Crippen molar-refractivity contribution in [3.05, 3.63) is 82.9 Å². The number of carbonyl (C=O) groups is 1. The standard InChI is InChI=1S/C30H28AsF3N4O3/c1-29(41,19-3-2-4-21(14-19)30(32,33)34)20-6-9-23(18(13-20)16-39)25-26-27(31)35-11-12-37(26)28(36-25)17-5-7-22-8-10-24(40)38(22)15-17/h2-4,6,9,11-14,17,22,39,41H,5,7-8,10,15-16H2,1H3/t17-,22+,29?/m1/s1. The third kappa shape index (κ3) is 4.86. The van der Waals surface area contributed by atoms with Gasteiger partial charge in [0.2, 0.25) is 0 Å². The molecular weight excluding hydrogens is 596 g/mol. The van der Waals surface area contributed by atoms with Crippen LogP contribution in [0, 0.1) is 0 Å². The number of carbonyl (C=O) groups excluding carboxylic acids is 1. The molecule has 2 aromatic heterocycles. The molecular formula is C30H28AsF3N4O3. The number of halogens is 3. The fraction of sp³-hybridized carbons (Fsp3) is 0.367. The van der Waals surface area contributed by atoms with Crippen LogP contribution >= 0.6 is 0 Å². The first-order valence-corrected chi connectivity index (χ1v) is 14.4. The second kappa shape index (κ2) is 10.3. The van der Waals surface area contributed by atoms with Gasteiger partial charge in [-0.3, -0.25) is 0 Å². The minimum absolute atomic E-state index is 0.0299. The summed E-state index contributed by atoms with van der Waals surface area (Å²) in [5.41, 5.74) is 0.282. The summed E-state index contributed by atoms with van der Waals surface area (Å²) in [6, 6.07) is 9.90. The van der Waals surface area contributed by atoms with Gasteiger partial charge in [-0.05, 0) is 0 Å². The van der Waals surface area contributed by atoms with E-state index in [-0.39, 0.29) is 24.0 Å². The zero-order valence-corrected chi connectivity index (χ0v) is 24.1. The number of fused-ring (bicyclic) bond motifs is 2. The molecule has 11 heteroatoms. The monoisotopic (exact) mass is 624 g/mol. The molecule has 2 N–H and O–H groups in total. The van der Waals surface area contributed by atoms with Crippen molar-refractivity contribution in [1.82, 2.24) is 19.3 Å². The first-order valence-electron chi connectivity index (χ1n) is 13.5. The van der Waals surface area contributed by atoms with Gasteiger partial charge in [-0.25, -0.2) is 0 Å². The van der Waals surface area contributed by atoms with Crippen LogP contribution < -0.4 is 4.48 Å². The van der Waals surface area contributed by atoms with Crippen LogP contribution in [0.2, 0.25) is 0 Å². The van der Waals surface area contributed by atoms with E-state index in [1.165, 1.54) is 19.1 Å². The van der Waals surface area contributed by atoms with Gasteiger partial charge in [0, 0.05) is 0 Å². The third-order valence-corrected chi connectivity index (χ3v) is 9.18. The summed E-state index contributed by atoms with van der Waals surface area (Å²) in [4.78, 5) is 24.0. The van der Waals surface area contributed by atoms with Crippen molar-refractivity contribution < 1.29 is 28.2 Å². The molecule has 3 atom stereocenters. The number of nitrogens with zero attached hydrogens (tertiary/aromatic N) is 4. The number of piperidine rings is 1. The molecule has 0 saturated carbocycles. The number of aromatic nitrogens is 3. The van der Waals surface area contributed by atoms with E-state index >= 15 is 0 Å². The molecule has 6 rings (SSSR count). The average Bonchev–Trinajstić information content (AvgIpc) is 3.53. The van der Waals surface area contributed by atoms with Crippen molar-refractivity contribution in [3.63, 3.8) is 0 Å². The Labute approximate surface area is 243 Å². The van der Waals surface area contributed by atoms with Crippen molar-refractivity contribution in [2.24, 2.45) is 0 Å². The van der Waals surface area contributed by atoms with Gasteiger partial charge >= 0.3 is 231 Å². The van der Waals surface area contributed by atoms with Crippen LogP contribution in [0.5, 0.6) is 0 Å². The second-order valence-electron chi connectivity index (χ2n) is 11.0. The first kappa shape index (κ1) is 27.9. The van der Waals surface area contributed by atoms with Crippen LogP contribution in [-0.2, 0) is 23.2 Å². The molecule has 2 aliphatic heterocycles. The van der Waals surface area contributed by atoms with Crippen LogP contribution in [0.1, 0.15) is 66.6 Å². The van der Waals surface area contributed by atoms with Gasteiger partial charge in [0.25, 0.3) is 0 Å². The molecule has 0 aliphatic carbocycles. The number of alkyl halides is 3. The summed E-state index contributed by atoms with van der Waals surface area (Å²) in [6.07, 6.45) is 2.30. The minimum atomic E-state index is -4.54. The normalized spacial score (nSPS) is 20.9. The Hall–Kier alpha value is -3.20. The van der Waals surface area contributed by atoms with Crippen molar-refractivity contribution in [2.75, 3.05) is 6.54 Å². The van der Waals surface area contributed by atoms with E-state index in [1.54, 1.807) is 24.4 Å². The Kier molecular flexibility index (Phi) is 6.99. The van der Waals surface area contributed by atoms with E-state index < -0.39 is 17.3 Å². The molecule has 4 heterocycles. The summed E-state index contributed by atoms with van der Waals surface area (Å²) < 4.78 is 42.7. The average molecular weight is 624 g/mol. The topological polar surface area (TPSA) is 91.0 Å². The van der Waals surface area contributed by atoms with Gasteiger partial charge < -0.3 is 0 Å². The van der Waals surface area contributed by atoms with Crippen LogP contribution in [-0.4, -0.2) is 64.8 Å². The Morgan fingerprint density at radius 3 is 2.59 bits per heavy atom. The molecule has 212 valence electrons. The Balaban J connectivity index is 1.42. The molecule has 0 bridgehead atoms. The van der Waals surface area contributed by atoms with Gasteiger partial charge in [0.15, 0.2) is 0 Å². The zero-order chi connectivity index (χ0) is 29.1. The number of benzene rings is 2. The molecule has 41 heavy (non-hydrogen) atoms. The Morgan fingerprint density at radius 1 is 1.07 bits per heavy atom. The molecule has 7 nitrogen and oxygen atoms in total. The van der Waals surface area contributed by atoms with Crippen molar-refractivity contribution in [2.45, 2.75) is 63.0 Å². The molecule has 2 saturated heterocycles. The molecule has 1 unspecified atom stereocenters. The van der Waals surface area contributed by atoms with E-state index in [1.807, 2.05) is 15.5 Å². The van der Waals surface area contributed by atoms with Gasteiger partial charge in [0.1, 0.15) is 0 Å². The zero-order valence-electron chi connectivity index (χ0n) is 22.3. The summed E-state index contributed by atoms with van der Waals surface area (Å²) in [5.74, 6) is 1.02. The van der Waals surface area contributed by atoms with Gasteiger partial charge in [0.05, 0.1) is 0 Å². The van der Waals surface area contributed by atoms with E-state index in [0.717, 1.165) is 42.7 Å². The van der Waals surface area contributed by atoms with Crippen molar-refractivity contribution in [1.29, 1.82) is 0 Å². The van der Waals surface area contributed by atoms with Gasteiger partial charge in [-0.1, -0.05) is 0 Å². The van der Waals surface area contributed by atoms with E-state index in [2.05, 4.69) is 21.8 Å². The number of imidazole rings is 1. The number of hydrogen-bond acceptors (Lipinski definition) is 5. The second-order valence-corrected chi connectivity index (χ2v) is 11.9. The van der Waals surface area contributed by atoms with Gasteiger partial charge in [-0.15, -0.1) is 0 Å². The summed E-state index contributed by atoms with van der Waals surface area (Å²) in [6.45, 7) is 1.66. The predicted molar refractivity (Wildman–Crippen MR) is 147 cm³/mol. The number of aliphatic hydroxyl groups is 2. The molecule has 1 amide bonds. The quantitative estimate of drug-likeness (QED) is 0.330. The number of amides is 1. The molecule has 2 fully saturated rings. The van der Waals surface area contributed by atoms with Crippen LogP contribution in [0.25, 0.3) is 16.8 Å². The Bertz CT molecular complexity index is 1650. The molecule has 2 aliphatic rings. The van der Waals surface area contributed by atoms with E-state index in [4.69, 9.17) is 4.98 Å². The molecule has 0 spiro atoms. The fourth-order valence-electron chi connectivity index (χ4n) is 6.22. The SMILES string of the molecule is CC(O)(c1cccc(C(F)(F)F)c1)c1ccc(-c2nc([C@@H]3CC[C@H]4CCC(=O)N4C3)n3ccnc([As])c23)c(CO)c1.